The summed E-state index contributed by atoms with van der Waals surface area (Å²) >= 11 is 12.0. The maximum atomic E-state index is 12.0. The van der Waals surface area contributed by atoms with Crippen LogP contribution >= 0.6 is 23.2 Å². The van der Waals surface area contributed by atoms with Gasteiger partial charge in [0.25, 0.3) is 0 Å². The fraction of sp³-hybridized carbons (Fsp3) is 0.385. The van der Waals surface area contributed by atoms with Crippen LogP contribution in [0.3, 0.4) is 0 Å². The number of anilines is 1. The molecular formula is C13H13Cl2NO2. The van der Waals surface area contributed by atoms with Gasteiger partial charge in [-0.3, -0.25) is 9.59 Å². The van der Waals surface area contributed by atoms with E-state index in [1.807, 2.05) is 0 Å². The lowest BCUT2D eigenvalue weighted by Crippen LogP contribution is -2.27. The Bertz CT molecular complexity index is 458. The number of para-hydroxylation sites is 1. The van der Waals surface area contributed by atoms with E-state index in [-0.39, 0.29) is 17.6 Å². The predicted molar refractivity (Wildman–Crippen MR) is 72.1 cm³/mol. The summed E-state index contributed by atoms with van der Waals surface area (Å²) in [5.74, 6) is -0.0117. The number of hydrogen-bond acceptors (Lipinski definition) is 2. The molecule has 0 bridgehead atoms. The molecule has 1 aromatic carbocycles. The summed E-state index contributed by atoms with van der Waals surface area (Å²) in [6.07, 6.45) is 2.17. The molecule has 5 heteroatoms. The monoisotopic (exact) mass is 285 g/mol. The summed E-state index contributed by atoms with van der Waals surface area (Å²) < 4.78 is 0. The van der Waals surface area contributed by atoms with Gasteiger partial charge >= 0.3 is 0 Å². The number of benzene rings is 1. The van der Waals surface area contributed by atoms with E-state index >= 15 is 0 Å². The van der Waals surface area contributed by atoms with E-state index < -0.39 is 0 Å². The van der Waals surface area contributed by atoms with Gasteiger partial charge in [-0.2, -0.15) is 0 Å². The van der Waals surface area contributed by atoms with Crippen LogP contribution < -0.4 is 5.32 Å². The van der Waals surface area contributed by atoms with Gasteiger partial charge in [-0.1, -0.05) is 29.3 Å². The third-order valence-corrected chi connectivity index (χ3v) is 3.75. The SMILES string of the molecule is O=C1CCC(C(=O)Nc2c(Cl)cccc2Cl)CC1. The van der Waals surface area contributed by atoms with Crippen LogP contribution in [0.5, 0.6) is 0 Å². The molecule has 1 aliphatic rings. The van der Waals surface area contributed by atoms with Crippen LogP contribution in [0.25, 0.3) is 0 Å². The van der Waals surface area contributed by atoms with E-state index in [0.717, 1.165) is 0 Å². The van der Waals surface area contributed by atoms with E-state index in [0.29, 0.717) is 41.4 Å². The minimum absolute atomic E-state index is 0.113. The van der Waals surface area contributed by atoms with Crippen molar-refractivity contribution in [3.05, 3.63) is 28.2 Å². The Labute approximate surface area is 115 Å². The zero-order chi connectivity index (χ0) is 13.1. The molecule has 1 N–H and O–H groups in total. The Hall–Kier alpha value is -1.06. The number of rotatable bonds is 2. The molecule has 0 aliphatic heterocycles. The van der Waals surface area contributed by atoms with Crippen molar-refractivity contribution in [3.8, 4) is 0 Å². The summed E-state index contributed by atoms with van der Waals surface area (Å²) in [6, 6.07) is 5.07. The number of halogens is 2. The van der Waals surface area contributed by atoms with Crippen molar-refractivity contribution >= 4 is 40.6 Å². The molecule has 2 rings (SSSR count). The second kappa shape index (κ2) is 5.72. The van der Waals surface area contributed by atoms with E-state index in [4.69, 9.17) is 23.2 Å². The number of carbonyl (C=O) groups excluding carboxylic acids is 2. The average Bonchev–Trinajstić information content (AvgIpc) is 2.34. The molecule has 0 radical (unpaired) electrons. The highest BCUT2D eigenvalue weighted by molar-refractivity contribution is 6.39. The van der Waals surface area contributed by atoms with Crippen LogP contribution in [0, 0.1) is 5.92 Å². The molecule has 0 unspecified atom stereocenters. The Balaban J connectivity index is 2.05. The first kappa shape index (κ1) is 13.4. The maximum absolute atomic E-state index is 12.0. The molecule has 18 heavy (non-hydrogen) atoms. The van der Waals surface area contributed by atoms with E-state index in [1.165, 1.54) is 0 Å². The van der Waals surface area contributed by atoms with Crippen LogP contribution in [0.15, 0.2) is 18.2 Å². The maximum Gasteiger partial charge on any atom is 0.227 e. The second-order valence-electron chi connectivity index (χ2n) is 4.40. The van der Waals surface area contributed by atoms with Gasteiger partial charge in [0.2, 0.25) is 5.91 Å². The van der Waals surface area contributed by atoms with Crippen molar-refractivity contribution in [1.29, 1.82) is 0 Å². The molecule has 0 heterocycles. The minimum atomic E-state index is -0.130. The second-order valence-corrected chi connectivity index (χ2v) is 5.21. The van der Waals surface area contributed by atoms with Crippen molar-refractivity contribution in [2.75, 3.05) is 5.32 Å². The fourth-order valence-corrected chi connectivity index (χ4v) is 2.54. The molecule has 1 saturated carbocycles. The summed E-state index contributed by atoms with van der Waals surface area (Å²) in [7, 11) is 0. The Morgan fingerprint density at radius 3 is 2.28 bits per heavy atom. The lowest BCUT2D eigenvalue weighted by molar-refractivity contribution is -0.125. The van der Waals surface area contributed by atoms with Crippen molar-refractivity contribution < 1.29 is 9.59 Å². The van der Waals surface area contributed by atoms with Crippen LogP contribution in [0.1, 0.15) is 25.7 Å². The third-order valence-electron chi connectivity index (χ3n) is 3.13. The summed E-state index contributed by atoms with van der Waals surface area (Å²) in [4.78, 5) is 23.2. The predicted octanol–water partition coefficient (Wildman–Crippen LogP) is 3.69. The first-order valence-electron chi connectivity index (χ1n) is 5.84. The Morgan fingerprint density at radius 1 is 1.17 bits per heavy atom. The average molecular weight is 286 g/mol. The number of carbonyl (C=O) groups is 2. The van der Waals surface area contributed by atoms with Crippen molar-refractivity contribution in [1.82, 2.24) is 0 Å². The molecule has 3 nitrogen and oxygen atoms in total. The Kier molecular flexibility index (Phi) is 4.25. The van der Waals surface area contributed by atoms with E-state index in [1.54, 1.807) is 18.2 Å². The zero-order valence-electron chi connectivity index (χ0n) is 9.71. The van der Waals surface area contributed by atoms with Crippen LogP contribution in [-0.2, 0) is 9.59 Å². The summed E-state index contributed by atoms with van der Waals surface area (Å²) in [5, 5.41) is 3.59. The van der Waals surface area contributed by atoms with Gasteiger partial charge in [0.1, 0.15) is 5.78 Å². The molecule has 1 aromatic rings. The molecule has 96 valence electrons. The molecule has 1 aliphatic carbocycles. The van der Waals surface area contributed by atoms with Crippen molar-refractivity contribution in [3.63, 3.8) is 0 Å². The van der Waals surface area contributed by atoms with Crippen LogP contribution in [0.4, 0.5) is 5.69 Å². The van der Waals surface area contributed by atoms with E-state index in [2.05, 4.69) is 5.32 Å². The number of nitrogens with one attached hydrogen (secondary N) is 1. The fourth-order valence-electron chi connectivity index (χ4n) is 2.04. The molecule has 1 amide bonds. The highest BCUT2D eigenvalue weighted by Crippen LogP contribution is 2.31. The first-order chi connectivity index (χ1) is 8.58. The normalized spacial score (nSPS) is 16.7. The van der Waals surface area contributed by atoms with Crippen LogP contribution in [-0.4, -0.2) is 11.7 Å². The molecule has 0 spiro atoms. The number of ketones is 1. The highest BCUT2D eigenvalue weighted by Gasteiger charge is 2.25. The summed E-state index contributed by atoms with van der Waals surface area (Å²) in [6.45, 7) is 0. The topological polar surface area (TPSA) is 46.2 Å². The largest absolute Gasteiger partial charge is 0.323 e. The van der Waals surface area contributed by atoms with Gasteiger partial charge in [0.05, 0.1) is 15.7 Å². The van der Waals surface area contributed by atoms with Gasteiger partial charge in [-0.25, -0.2) is 0 Å². The first-order valence-corrected chi connectivity index (χ1v) is 6.60. The zero-order valence-corrected chi connectivity index (χ0v) is 11.2. The van der Waals surface area contributed by atoms with Crippen molar-refractivity contribution in [2.24, 2.45) is 5.92 Å². The van der Waals surface area contributed by atoms with Crippen LogP contribution in [0.2, 0.25) is 10.0 Å². The van der Waals surface area contributed by atoms with Crippen molar-refractivity contribution in [2.45, 2.75) is 25.7 Å². The molecule has 0 aromatic heterocycles. The smallest absolute Gasteiger partial charge is 0.227 e. The molecule has 0 saturated heterocycles. The molecular weight excluding hydrogens is 273 g/mol. The Morgan fingerprint density at radius 2 is 1.72 bits per heavy atom. The van der Waals surface area contributed by atoms with Gasteiger partial charge in [0, 0.05) is 18.8 Å². The highest BCUT2D eigenvalue weighted by atomic mass is 35.5. The van der Waals surface area contributed by atoms with Gasteiger partial charge in [0.15, 0.2) is 0 Å². The lowest BCUT2D eigenvalue weighted by Gasteiger charge is -2.20. The van der Waals surface area contributed by atoms with Gasteiger partial charge in [-0.05, 0) is 25.0 Å². The number of amides is 1. The molecule has 0 atom stereocenters. The lowest BCUT2D eigenvalue weighted by atomic mass is 9.88. The van der Waals surface area contributed by atoms with E-state index in [9.17, 15) is 9.59 Å². The van der Waals surface area contributed by atoms with Gasteiger partial charge < -0.3 is 5.32 Å². The molecule has 1 fully saturated rings. The van der Waals surface area contributed by atoms with Gasteiger partial charge in [-0.15, -0.1) is 0 Å². The minimum Gasteiger partial charge on any atom is -0.323 e. The number of Topliss-reactive ketones (excluding diaryl/α,β-unsaturated/α-hetero) is 1. The summed E-state index contributed by atoms with van der Waals surface area (Å²) in [5.41, 5.74) is 0.447. The number of hydrogen-bond donors (Lipinski definition) is 1. The quantitative estimate of drug-likeness (QED) is 0.901. The standard InChI is InChI=1S/C13H13Cl2NO2/c14-10-2-1-3-11(15)12(10)16-13(18)8-4-6-9(17)7-5-8/h1-3,8H,4-7H2,(H,16,18). The third kappa shape index (κ3) is 3.03.